The number of hydrogen-bond donors (Lipinski definition) is 2. The minimum absolute atomic E-state index is 0.202. The van der Waals surface area contributed by atoms with Crippen LogP contribution in [-0.2, 0) is 0 Å². The molecular formula is C13H15ClN4O3. The van der Waals surface area contributed by atoms with E-state index in [-0.39, 0.29) is 5.28 Å². The van der Waals surface area contributed by atoms with Gasteiger partial charge in [-0.15, -0.1) is 0 Å². The first-order valence-electron chi connectivity index (χ1n) is 6.76. The van der Waals surface area contributed by atoms with E-state index < -0.39 is 6.09 Å². The average Bonchev–Trinajstić information content (AvgIpc) is 2.93. The van der Waals surface area contributed by atoms with E-state index in [0.29, 0.717) is 29.4 Å². The van der Waals surface area contributed by atoms with E-state index in [4.69, 9.17) is 21.1 Å². The molecule has 112 valence electrons. The summed E-state index contributed by atoms with van der Waals surface area (Å²) in [5.74, 6) is 1.06. The quantitative estimate of drug-likeness (QED) is 0.846. The van der Waals surface area contributed by atoms with Crippen molar-refractivity contribution in [3.05, 3.63) is 17.6 Å². The van der Waals surface area contributed by atoms with Crippen LogP contribution in [0.5, 0.6) is 0 Å². The highest BCUT2D eigenvalue weighted by Gasteiger charge is 2.23. The molecule has 1 amide bonds. The van der Waals surface area contributed by atoms with Crippen LogP contribution in [0.3, 0.4) is 0 Å². The Kier molecular flexibility index (Phi) is 3.83. The number of nitrogens with one attached hydrogen (secondary N) is 1. The first kappa shape index (κ1) is 13.9. The summed E-state index contributed by atoms with van der Waals surface area (Å²) in [6.45, 7) is 2.06. The van der Waals surface area contributed by atoms with Gasteiger partial charge >= 0.3 is 6.09 Å². The molecule has 2 aromatic heterocycles. The number of furan rings is 1. The van der Waals surface area contributed by atoms with E-state index in [2.05, 4.69) is 20.2 Å². The van der Waals surface area contributed by atoms with Crippen molar-refractivity contribution in [1.29, 1.82) is 0 Å². The molecular weight excluding hydrogens is 296 g/mol. The molecule has 8 heteroatoms. The number of aromatic nitrogens is 2. The number of hydrogen-bond acceptors (Lipinski definition) is 5. The number of carboxylic acid groups (broad SMARTS) is 1. The van der Waals surface area contributed by atoms with Gasteiger partial charge in [0.25, 0.3) is 0 Å². The monoisotopic (exact) mass is 310 g/mol. The van der Waals surface area contributed by atoms with Gasteiger partial charge in [0.1, 0.15) is 5.52 Å². The second-order valence-electron chi connectivity index (χ2n) is 5.07. The third kappa shape index (κ3) is 3.02. The molecule has 0 atom stereocenters. The lowest BCUT2D eigenvalue weighted by Crippen LogP contribution is -2.38. The maximum absolute atomic E-state index is 10.5. The van der Waals surface area contributed by atoms with E-state index in [1.54, 1.807) is 12.3 Å². The highest BCUT2D eigenvalue weighted by Crippen LogP contribution is 2.29. The number of nitrogens with zero attached hydrogens (tertiary/aromatic N) is 3. The molecule has 0 bridgehead atoms. The summed E-state index contributed by atoms with van der Waals surface area (Å²) in [5, 5.41) is 11.3. The van der Waals surface area contributed by atoms with E-state index in [1.165, 1.54) is 0 Å². The molecule has 7 nitrogen and oxygen atoms in total. The lowest BCUT2D eigenvalue weighted by atomic mass is 9.97. The minimum Gasteiger partial charge on any atom is -0.465 e. The van der Waals surface area contributed by atoms with Gasteiger partial charge in [-0.25, -0.2) is 9.78 Å². The fraction of sp³-hybridized carbons (Fsp3) is 0.462. The Bertz CT molecular complexity index is 652. The molecule has 2 N–H and O–H groups in total. The van der Waals surface area contributed by atoms with Gasteiger partial charge in [0.05, 0.1) is 6.26 Å². The Morgan fingerprint density at radius 1 is 1.48 bits per heavy atom. The third-order valence-electron chi connectivity index (χ3n) is 3.71. The van der Waals surface area contributed by atoms with Gasteiger partial charge in [-0.2, -0.15) is 4.98 Å². The summed E-state index contributed by atoms with van der Waals surface area (Å²) in [6.07, 6.45) is 2.38. The maximum Gasteiger partial charge on any atom is 0.404 e. The summed E-state index contributed by atoms with van der Waals surface area (Å²) in [7, 11) is 0. The molecule has 0 unspecified atom stereocenters. The van der Waals surface area contributed by atoms with Gasteiger partial charge in [0, 0.05) is 25.7 Å². The standard InChI is InChI=1S/C13H15ClN4O3/c14-12-16-9-3-6-21-10(9)11(17-12)18-4-1-8(2-5-18)7-15-13(19)20/h3,6,8,15H,1-2,4-5,7H2,(H,19,20). The number of rotatable bonds is 3. The van der Waals surface area contributed by atoms with Crippen LogP contribution in [0.2, 0.25) is 5.28 Å². The molecule has 0 aromatic carbocycles. The number of anilines is 1. The molecule has 0 aliphatic carbocycles. The predicted octanol–water partition coefficient (Wildman–Crippen LogP) is 2.36. The second-order valence-corrected chi connectivity index (χ2v) is 5.41. The summed E-state index contributed by atoms with van der Waals surface area (Å²) in [5.41, 5.74) is 1.33. The fourth-order valence-corrected chi connectivity index (χ4v) is 2.79. The number of piperidine rings is 1. The summed E-state index contributed by atoms with van der Waals surface area (Å²) in [4.78, 5) is 21.0. The highest BCUT2D eigenvalue weighted by molar-refractivity contribution is 6.28. The van der Waals surface area contributed by atoms with Crippen LogP contribution in [0.25, 0.3) is 11.1 Å². The zero-order valence-corrected chi connectivity index (χ0v) is 12.0. The Morgan fingerprint density at radius 2 is 2.24 bits per heavy atom. The lowest BCUT2D eigenvalue weighted by molar-refractivity contribution is 0.191. The van der Waals surface area contributed by atoms with Crippen molar-refractivity contribution in [2.24, 2.45) is 5.92 Å². The highest BCUT2D eigenvalue weighted by atomic mass is 35.5. The first-order valence-corrected chi connectivity index (χ1v) is 7.14. The Balaban J connectivity index is 1.71. The number of halogens is 1. The fourth-order valence-electron chi connectivity index (χ4n) is 2.62. The molecule has 1 saturated heterocycles. The topological polar surface area (TPSA) is 91.5 Å². The van der Waals surface area contributed by atoms with E-state index in [0.717, 1.165) is 25.9 Å². The van der Waals surface area contributed by atoms with Crippen LogP contribution in [-0.4, -0.2) is 40.8 Å². The molecule has 1 aliphatic rings. The predicted molar refractivity (Wildman–Crippen MR) is 77.8 cm³/mol. The van der Waals surface area contributed by atoms with Gasteiger partial charge in [-0.1, -0.05) is 0 Å². The van der Waals surface area contributed by atoms with Gasteiger partial charge in [0.2, 0.25) is 5.28 Å². The SMILES string of the molecule is O=C(O)NCC1CCN(c2nc(Cl)nc3ccoc23)CC1. The zero-order valence-electron chi connectivity index (χ0n) is 11.3. The first-order chi connectivity index (χ1) is 10.1. The van der Waals surface area contributed by atoms with Crippen LogP contribution >= 0.6 is 11.6 Å². The third-order valence-corrected chi connectivity index (χ3v) is 3.88. The summed E-state index contributed by atoms with van der Waals surface area (Å²) in [6, 6.07) is 1.76. The Hall–Kier alpha value is -2.02. The average molecular weight is 311 g/mol. The van der Waals surface area contributed by atoms with Crippen molar-refractivity contribution in [3.8, 4) is 0 Å². The normalized spacial score (nSPS) is 16.3. The number of amides is 1. The molecule has 3 heterocycles. The van der Waals surface area contributed by atoms with Crippen molar-refractivity contribution in [2.75, 3.05) is 24.5 Å². The van der Waals surface area contributed by atoms with E-state index in [1.807, 2.05) is 0 Å². The van der Waals surface area contributed by atoms with E-state index >= 15 is 0 Å². The summed E-state index contributed by atoms with van der Waals surface area (Å²) >= 11 is 5.95. The van der Waals surface area contributed by atoms with E-state index in [9.17, 15) is 4.79 Å². The largest absolute Gasteiger partial charge is 0.465 e. The molecule has 1 fully saturated rings. The van der Waals surface area contributed by atoms with Crippen molar-refractivity contribution in [2.45, 2.75) is 12.8 Å². The maximum atomic E-state index is 10.5. The molecule has 21 heavy (non-hydrogen) atoms. The van der Waals surface area contributed by atoms with Crippen molar-refractivity contribution in [3.63, 3.8) is 0 Å². The van der Waals surface area contributed by atoms with Gasteiger partial charge in [-0.3, -0.25) is 0 Å². The molecule has 1 aliphatic heterocycles. The van der Waals surface area contributed by atoms with Crippen LogP contribution in [0.1, 0.15) is 12.8 Å². The van der Waals surface area contributed by atoms with Crippen LogP contribution in [0.4, 0.5) is 10.6 Å². The van der Waals surface area contributed by atoms with Crippen LogP contribution in [0, 0.1) is 5.92 Å². The Morgan fingerprint density at radius 3 is 2.95 bits per heavy atom. The molecule has 2 aromatic rings. The second kappa shape index (κ2) is 5.77. The van der Waals surface area contributed by atoms with Gasteiger partial charge in [-0.05, 0) is 30.4 Å². The smallest absolute Gasteiger partial charge is 0.404 e. The van der Waals surface area contributed by atoms with Crippen molar-refractivity contribution < 1.29 is 14.3 Å². The molecule has 0 saturated carbocycles. The molecule has 0 radical (unpaired) electrons. The summed E-state index contributed by atoms with van der Waals surface area (Å²) < 4.78 is 5.45. The lowest BCUT2D eigenvalue weighted by Gasteiger charge is -2.32. The van der Waals surface area contributed by atoms with Crippen LogP contribution in [0.15, 0.2) is 16.7 Å². The minimum atomic E-state index is -0.975. The van der Waals surface area contributed by atoms with Gasteiger partial charge in [0.15, 0.2) is 11.4 Å². The molecule has 0 spiro atoms. The number of carbonyl (C=O) groups is 1. The van der Waals surface area contributed by atoms with Crippen molar-refractivity contribution >= 4 is 34.6 Å². The Labute approximate surface area is 125 Å². The van der Waals surface area contributed by atoms with Crippen LogP contribution < -0.4 is 10.2 Å². The zero-order chi connectivity index (χ0) is 14.8. The van der Waals surface area contributed by atoms with Gasteiger partial charge < -0.3 is 19.7 Å². The molecule has 3 rings (SSSR count). The number of fused-ring (bicyclic) bond motifs is 1. The van der Waals surface area contributed by atoms with Crippen molar-refractivity contribution in [1.82, 2.24) is 15.3 Å².